The van der Waals surface area contributed by atoms with E-state index in [9.17, 15) is 24.6 Å². The number of aliphatic carboxylic acids is 1. The van der Waals surface area contributed by atoms with Crippen LogP contribution in [0.2, 0.25) is 0 Å². The lowest BCUT2D eigenvalue weighted by Gasteiger charge is -2.56. The highest BCUT2D eigenvalue weighted by Gasteiger charge is 2.81. The van der Waals surface area contributed by atoms with Gasteiger partial charge in [-0.25, -0.2) is 4.79 Å². The van der Waals surface area contributed by atoms with Crippen LogP contribution in [0, 0.1) is 17.8 Å². The minimum atomic E-state index is -1.62. The quantitative estimate of drug-likeness (QED) is 0.257. The number of carboxylic acids is 1. The maximum atomic E-state index is 15.0. The Morgan fingerprint density at radius 1 is 1.09 bits per heavy atom. The fourth-order valence-corrected chi connectivity index (χ4v) is 9.66. The summed E-state index contributed by atoms with van der Waals surface area (Å²) in [7, 11) is 0. The van der Waals surface area contributed by atoms with Crippen LogP contribution >= 0.6 is 0 Å². The van der Waals surface area contributed by atoms with Gasteiger partial charge in [0.1, 0.15) is 28.4 Å². The van der Waals surface area contributed by atoms with Crippen LogP contribution < -0.4 is 9.47 Å². The summed E-state index contributed by atoms with van der Waals surface area (Å²) in [6.07, 6.45) is 8.47. The zero-order valence-electron chi connectivity index (χ0n) is 27.8. The van der Waals surface area contributed by atoms with Gasteiger partial charge in [-0.2, -0.15) is 0 Å². The number of ketones is 2. The number of hydrogen-bond acceptors (Lipinski definition) is 7. The molecule has 7 atom stereocenters. The fourth-order valence-electron chi connectivity index (χ4n) is 9.66. The molecule has 3 fully saturated rings. The normalized spacial score (nSPS) is 36.1. The third-order valence-electron chi connectivity index (χ3n) is 11.8. The average Bonchev–Trinajstić information content (AvgIpc) is 3.11. The van der Waals surface area contributed by atoms with Crippen LogP contribution in [-0.2, 0) is 20.7 Å². The lowest BCUT2D eigenvalue weighted by molar-refractivity contribution is -0.171. The average molecular weight is 629 g/mol. The van der Waals surface area contributed by atoms with Crippen molar-refractivity contribution >= 4 is 17.5 Å². The van der Waals surface area contributed by atoms with Gasteiger partial charge in [0.25, 0.3) is 0 Å². The van der Waals surface area contributed by atoms with Gasteiger partial charge in [-0.05, 0) is 86.5 Å². The lowest BCUT2D eigenvalue weighted by Crippen LogP contribution is -2.72. The van der Waals surface area contributed by atoms with Crippen molar-refractivity contribution in [2.75, 3.05) is 0 Å². The van der Waals surface area contributed by atoms with Crippen molar-refractivity contribution < 1.29 is 38.8 Å². The second kappa shape index (κ2) is 9.69. The zero-order valence-corrected chi connectivity index (χ0v) is 27.8. The van der Waals surface area contributed by atoms with E-state index in [1.165, 1.54) is 13.0 Å². The number of carbonyl (C=O) groups is 3. The molecular weight excluding hydrogens is 584 g/mol. The number of Topliss-reactive ketones (excluding diaryl/α,β-unsaturated/α-hetero) is 2. The SMILES string of the molecule is C=C(C)[C@@H]1CC[C@@]2(C)CC1c1c(O)c3c(c(CC=C(C)C)c1O2)O[C@]12C(=CC4CC1C(C)(C)OC2(C/C=C(\C)C(=O)O)C4=O)C3=O. The second-order valence-electron chi connectivity index (χ2n) is 15.5. The van der Waals surface area contributed by atoms with Gasteiger partial charge in [0, 0.05) is 46.4 Å². The first-order valence-corrected chi connectivity index (χ1v) is 16.5. The third kappa shape index (κ3) is 3.85. The molecule has 4 unspecified atom stereocenters. The molecule has 8 rings (SSSR count). The molecule has 46 heavy (non-hydrogen) atoms. The monoisotopic (exact) mass is 628 g/mol. The number of carbonyl (C=O) groups excluding carboxylic acids is 2. The second-order valence-corrected chi connectivity index (χ2v) is 15.5. The van der Waals surface area contributed by atoms with Crippen molar-refractivity contribution in [1.29, 1.82) is 0 Å². The van der Waals surface area contributed by atoms with Gasteiger partial charge in [0.2, 0.25) is 0 Å². The number of allylic oxidation sites excluding steroid dienone is 4. The Morgan fingerprint density at radius 3 is 2.46 bits per heavy atom. The molecule has 6 bridgehead atoms. The van der Waals surface area contributed by atoms with Gasteiger partial charge in [0.15, 0.2) is 22.8 Å². The summed E-state index contributed by atoms with van der Waals surface area (Å²) in [6, 6.07) is 0. The van der Waals surface area contributed by atoms with Gasteiger partial charge in [-0.3, -0.25) is 9.59 Å². The van der Waals surface area contributed by atoms with Crippen molar-refractivity contribution in [3.05, 3.63) is 63.8 Å². The van der Waals surface area contributed by atoms with Gasteiger partial charge in [0.05, 0.1) is 5.60 Å². The Hall–Kier alpha value is -3.65. The molecule has 0 radical (unpaired) electrons. The molecule has 1 saturated heterocycles. The highest BCUT2D eigenvalue weighted by atomic mass is 16.6. The van der Waals surface area contributed by atoms with Gasteiger partial charge in [-0.1, -0.05) is 36.0 Å². The van der Waals surface area contributed by atoms with Gasteiger partial charge in [-0.15, -0.1) is 0 Å². The lowest BCUT2D eigenvalue weighted by atomic mass is 9.51. The van der Waals surface area contributed by atoms with Gasteiger partial charge < -0.3 is 24.4 Å². The molecule has 244 valence electrons. The fraction of sp³-hybridized carbons (Fsp3) is 0.553. The topological polar surface area (TPSA) is 119 Å². The molecule has 8 heteroatoms. The third-order valence-corrected chi connectivity index (χ3v) is 11.8. The molecule has 2 saturated carbocycles. The molecule has 3 heterocycles. The van der Waals surface area contributed by atoms with Crippen LogP contribution in [0.25, 0.3) is 0 Å². The van der Waals surface area contributed by atoms with Crippen LogP contribution in [0.5, 0.6) is 17.2 Å². The number of aromatic hydroxyl groups is 1. The zero-order chi connectivity index (χ0) is 33.3. The summed E-state index contributed by atoms with van der Waals surface area (Å²) in [4.78, 5) is 41.1. The molecule has 1 aromatic rings. The Morgan fingerprint density at radius 2 is 1.80 bits per heavy atom. The molecule has 7 aliphatic rings. The van der Waals surface area contributed by atoms with Crippen molar-refractivity contribution in [2.45, 2.75) is 115 Å². The molecule has 4 aliphatic carbocycles. The summed E-state index contributed by atoms with van der Waals surface area (Å²) in [6.45, 7) is 17.7. The van der Waals surface area contributed by atoms with Crippen LogP contribution in [0.4, 0.5) is 0 Å². The summed E-state index contributed by atoms with van der Waals surface area (Å²) >= 11 is 0. The minimum absolute atomic E-state index is 0.0580. The van der Waals surface area contributed by atoms with Crippen molar-refractivity contribution in [3.8, 4) is 17.2 Å². The number of phenols is 1. The van der Waals surface area contributed by atoms with E-state index < -0.39 is 34.3 Å². The first kappa shape index (κ1) is 31.0. The summed E-state index contributed by atoms with van der Waals surface area (Å²) in [5.41, 5.74) is -0.519. The standard InChI is InChI=1S/C38H44O8/c1-18(2)9-10-23-31-27(24-17-36(8,44-31)13-12-22(24)19(3)4)30(40)28-29(39)25-15-21-16-26-35(6,7)46-37(33(21)41,14-11-20(5)34(42)43)38(25,26)45-32(23)28/h9,11,15,21-22,24,26,40H,3,10,12-14,16-17H2,1-2,4-8H3,(H,42,43)/b20-11+/t21?,22-,24?,26?,36-,37?,38+/m0/s1. The maximum absolute atomic E-state index is 15.0. The van der Waals surface area contributed by atoms with E-state index in [1.807, 2.05) is 34.6 Å². The van der Waals surface area contributed by atoms with E-state index in [0.717, 1.165) is 24.0 Å². The van der Waals surface area contributed by atoms with Crippen molar-refractivity contribution in [2.24, 2.45) is 17.8 Å². The van der Waals surface area contributed by atoms with E-state index in [-0.39, 0.29) is 58.4 Å². The maximum Gasteiger partial charge on any atom is 0.330 e. The summed E-state index contributed by atoms with van der Waals surface area (Å²) < 4.78 is 20.8. The number of hydrogen-bond donors (Lipinski definition) is 2. The number of ether oxygens (including phenoxy) is 3. The molecule has 1 aromatic carbocycles. The van der Waals surface area contributed by atoms with E-state index in [4.69, 9.17) is 14.2 Å². The molecule has 1 spiro atoms. The summed E-state index contributed by atoms with van der Waals surface area (Å²) in [5, 5.41) is 21.8. The molecular formula is C38H44O8. The number of benzene rings is 1. The number of phenolic OH excluding ortho intramolecular Hbond substituents is 1. The predicted molar refractivity (Wildman–Crippen MR) is 171 cm³/mol. The first-order valence-electron chi connectivity index (χ1n) is 16.5. The van der Waals surface area contributed by atoms with E-state index in [1.54, 1.807) is 6.08 Å². The van der Waals surface area contributed by atoms with E-state index >= 15 is 0 Å². The molecule has 3 aliphatic heterocycles. The highest BCUT2D eigenvalue weighted by Crippen LogP contribution is 2.69. The number of rotatable bonds is 6. The van der Waals surface area contributed by atoms with E-state index in [2.05, 4.69) is 19.6 Å². The van der Waals surface area contributed by atoms with Crippen molar-refractivity contribution in [1.82, 2.24) is 0 Å². The molecule has 0 aromatic heterocycles. The van der Waals surface area contributed by atoms with Crippen molar-refractivity contribution in [3.63, 3.8) is 0 Å². The summed E-state index contributed by atoms with van der Waals surface area (Å²) in [5.74, 6) is -1.93. The Balaban J connectivity index is 1.52. The minimum Gasteiger partial charge on any atom is -0.507 e. The van der Waals surface area contributed by atoms with Crippen LogP contribution in [0.3, 0.4) is 0 Å². The predicted octanol–water partition coefficient (Wildman–Crippen LogP) is 6.94. The first-order chi connectivity index (χ1) is 21.5. The largest absolute Gasteiger partial charge is 0.507 e. The Bertz CT molecular complexity index is 1740. The number of fused-ring (bicyclic) bond motifs is 5. The van der Waals surface area contributed by atoms with Crippen LogP contribution in [0.1, 0.15) is 108 Å². The Kier molecular flexibility index (Phi) is 6.53. The Labute approximate surface area is 270 Å². The van der Waals surface area contributed by atoms with Crippen LogP contribution in [-0.4, -0.2) is 50.2 Å². The molecule has 2 N–H and O–H groups in total. The number of carboxylic acid groups (broad SMARTS) is 1. The molecule has 8 nitrogen and oxygen atoms in total. The molecule has 0 amide bonds. The van der Waals surface area contributed by atoms with E-state index in [0.29, 0.717) is 41.7 Å². The highest BCUT2D eigenvalue weighted by molar-refractivity contribution is 6.18. The van der Waals surface area contributed by atoms with Crippen LogP contribution in [0.15, 0.2) is 47.1 Å². The smallest absolute Gasteiger partial charge is 0.330 e. The van der Waals surface area contributed by atoms with Gasteiger partial charge >= 0.3 is 5.97 Å².